The Morgan fingerprint density at radius 2 is 1.11 bits per heavy atom. The third kappa shape index (κ3) is 2.16. The standard InChI is InChI=1S/C12H7F4OSi/c13-7-3-1-5-9(11(7)15)18(17)10-6-2-4-8(14)12(10)16/h1-6,17H. The minimum atomic E-state index is -2.88. The first-order valence-corrected chi connectivity index (χ1v) is 6.41. The SMILES string of the molecule is O[Si](c1cccc(F)c1F)c1cccc(F)c1F. The summed E-state index contributed by atoms with van der Waals surface area (Å²) in [5.74, 6) is -4.75. The van der Waals surface area contributed by atoms with Crippen LogP contribution in [0.25, 0.3) is 0 Å². The van der Waals surface area contributed by atoms with E-state index in [0.717, 1.165) is 24.3 Å². The van der Waals surface area contributed by atoms with Gasteiger partial charge in [0, 0.05) is 10.4 Å². The summed E-state index contributed by atoms with van der Waals surface area (Å²) in [6.45, 7) is 0. The van der Waals surface area contributed by atoms with Crippen LogP contribution in [0.1, 0.15) is 0 Å². The van der Waals surface area contributed by atoms with E-state index in [1.807, 2.05) is 0 Å². The molecule has 93 valence electrons. The number of hydrogen-bond acceptors (Lipinski definition) is 1. The van der Waals surface area contributed by atoms with Crippen LogP contribution in [0.5, 0.6) is 0 Å². The summed E-state index contributed by atoms with van der Waals surface area (Å²) in [7, 11) is -2.88. The van der Waals surface area contributed by atoms with Crippen LogP contribution in [-0.2, 0) is 0 Å². The molecule has 2 rings (SSSR count). The zero-order valence-corrected chi connectivity index (χ0v) is 9.92. The normalized spacial score (nSPS) is 11.0. The molecule has 0 atom stereocenters. The van der Waals surface area contributed by atoms with Gasteiger partial charge in [-0.2, -0.15) is 0 Å². The van der Waals surface area contributed by atoms with Crippen LogP contribution in [0.2, 0.25) is 0 Å². The lowest BCUT2D eigenvalue weighted by atomic mass is 10.3. The van der Waals surface area contributed by atoms with Gasteiger partial charge in [-0.15, -0.1) is 0 Å². The molecule has 0 spiro atoms. The van der Waals surface area contributed by atoms with Crippen LogP contribution in [0.15, 0.2) is 36.4 Å². The van der Waals surface area contributed by atoms with Gasteiger partial charge >= 0.3 is 0 Å². The third-order valence-corrected chi connectivity index (χ3v) is 4.21. The molecule has 0 saturated heterocycles. The molecule has 1 nitrogen and oxygen atoms in total. The van der Waals surface area contributed by atoms with Crippen LogP contribution >= 0.6 is 0 Å². The largest absolute Gasteiger partial charge is 0.424 e. The molecule has 0 bridgehead atoms. The molecule has 2 aromatic carbocycles. The topological polar surface area (TPSA) is 20.2 Å². The Kier molecular flexibility index (Phi) is 3.49. The molecule has 0 unspecified atom stereocenters. The Morgan fingerprint density at radius 3 is 1.50 bits per heavy atom. The summed E-state index contributed by atoms with van der Waals surface area (Å²) in [6.07, 6.45) is 0. The molecule has 2 aromatic rings. The lowest BCUT2D eigenvalue weighted by molar-refractivity contribution is 0.505. The maximum atomic E-state index is 13.4. The highest BCUT2D eigenvalue weighted by molar-refractivity contribution is 6.79. The molecule has 0 aromatic heterocycles. The van der Waals surface area contributed by atoms with Crippen LogP contribution in [0, 0.1) is 23.3 Å². The predicted octanol–water partition coefficient (Wildman–Crippen LogP) is 1.34. The molecule has 18 heavy (non-hydrogen) atoms. The fraction of sp³-hybridized carbons (Fsp3) is 0. The van der Waals surface area contributed by atoms with Crippen molar-refractivity contribution in [3.05, 3.63) is 59.7 Å². The van der Waals surface area contributed by atoms with Crippen molar-refractivity contribution in [1.82, 2.24) is 0 Å². The predicted molar refractivity (Wildman–Crippen MR) is 60.0 cm³/mol. The average Bonchev–Trinajstić information content (AvgIpc) is 2.35. The van der Waals surface area contributed by atoms with Gasteiger partial charge in [-0.3, -0.25) is 0 Å². The van der Waals surface area contributed by atoms with E-state index in [9.17, 15) is 22.4 Å². The lowest BCUT2D eigenvalue weighted by Crippen LogP contribution is -2.46. The Bertz CT molecular complexity index is 537. The molecule has 0 fully saturated rings. The van der Waals surface area contributed by atoms with Gasteiger partial charge < -0.3 is 4.80 Å². The Morgan fingerprint density at radius 1 is 0.722 bits per heavy atom. The maximum absolute atomic E-state index is 13.4. The smallest absolute Gasteiger partial charge is 0.286 e. The fourth-order valence-electron chi connectivity index (χ4n) is 1.52. The van der Waals surface area contributed by atoms with E-state index in [-0.39, 0.29) is 10.4 Å². The second-order valence-electron chi connectivity index (χ2n) is 3.55. The van der Waals surface area contributed by atoms with Crippen molar-refractivity contribution in [1.29, 1.82) is 0 Å². The molecule has 0 aliphatic rings. The van der Waals surface area contributed by atoms with Crippen molar-refractivity contribution in [3.63, 3.8) is 0 Å². The second kappa shape index (κ2) is 4.91. The molecule has 0 heterocycles. The van der Waals surface area contributed by atoms with Gasteiger partial charge in [-0.25, -0.2) is 17.6 Å². The Labute approximate surface area is 102 Å². The van der Waals surface area contributed by atoms with Gasteiger partial charge in [-0.1, -0.05) is 24.3 Å². The highest BCUT2D eigenvalue weighted by Crippen LogP contribution is 2.06. The number of halogens is 4. The zero-order chi connectivity index (χ0) is 13.3. The Hall–Kier alpha value is -1.66. The van der Waals surface area contributed by atoms with Gasteiger partial charge in [-0.05, 0) is 12.1 Å². The molecular formula is C12H7F4OSi. The van der Waals surface area contributed by atoms with Gasteiger partial charge in [0.15, 0.2) is 23.3 Å². The summed E-state index contributed by atoms with van der Waals surface area (Å²) in [5.41, 5.74) is 0. The van der Waals surface area contributed by atoms with Gasteiger partial charge in [0.05, 0.1) is 0 Å². The third-order valence-electron chi connectivity index (χ3n) is 2.41. The monoisotopic (exact) mass is 271 g/mol. The minimum Gasteiger partial charge on any atom is -0.424 e. The van der Waals surface area contributed by atoms with E-state index in [1.54, 1.807) is 0 Å². The molecule has 0 aliphatic carbocycles. The molecular weight excluding hydrogens is 264 g/mol. The van der Waals surface area contributed by atoms with E-state index in [4.69, 9.17) is 0 Å². The average molecular weight is 271 g/mol. The van der Waals surface area contributed by atoms with Crippen LogP contribution in [0.3, 0.4) is 0 Å². The van der Waals surface area contributed by atoms with Crippen LogP contribution in [0.4, 0.5) is 17.6 Å². The molecule has 6 heteroatoms. The Balaban J connectivity index is 2.51. The molecule has 0 aliphatic heterocycles. The maximum Gasteiger partial charge on any atom is 0.286 e. The van der Waals surface area contributed by atoms with E-state index < -0.39 is 32.3 Å². The summed E-state index contributed by atoms with van der Waals surface area (Å²) < 4.78 is 52.9. The van der Waals surface area contributed by atoms with Gasteiger partial charge in [0.1, 0.15) is 0 Å². The minimum absolute atomic E-state index is 0.343. The van der Waals surface area contributed by atoms with E-state index >= 15 is 0 Å². The quantitative estimate of drug-likeness (QED) is 0.645. The highest BCUT2D eigenvalue weighted by Gasteiger charge is 2.25. The van der Waals surface area contributed by atoms with E-state index in [2.05, 4.69) is 0 Å². The molecule has 0 amide bonds. The van der Waals surface area contributed by atoms with Gasteiger partial charge in [0.25, 0.3) is 9.04 Å². The summed E-state index contributed by atoms with van der Waals surface area (Å²) in [4.78, 5) is 9.89. The highest BCUT2D eigenvalue weighted by atomic mass is 28.3. The number of rotatable bonds is 2. The van der Waals surface area contributed by atoms with E-state index in [1.165, 1.54) is 12.1 Å². The van der Waals surface area contributed by atoms with Crippen molar-refractivity contribution in [2.45, 2.75) is 0 Å². The van der Waals surface area contributed by atoms with Crippen molar-refractivity contribution in [2.75, 3.05) is 0 Å². The van der Waals surface area contributed by atoms with E-state index in [0.29, 0.717) is 0 Å². The van der Waals surface area contributed by atoms with Crippen molar-refractivity contribution in [2.24, 2.45) is 0 Å². The molecule has 1 radical (unpaired) electrons. The van der Waals surface area contributed by atoms with Crippen molar-refractivity contribution < 1.29 is 22.4 Å². The van der Waals surface area contributed by atoms with Gasteiger partial charge in [0.2, 0.25) is 0 Å². The lowest BCUT2D eigenvalue weighted by Gasteiger charge is -2.10. The van der Waals surface area contributed by atoms with Crippen molar-refractivity contribution in [3.8, 4) is 0 Å². The summed E-state index contributed by atoms with van der Waals surface area (Å²) in [6, 6.07) is 6.47. The first-order valence-electron chi connectivity index (χ1n) is 4.97. The summed E-state index contributed by atoms with van der Waals surface area (Å²) in [5, 5.41) is -0.686. The second-order valence-corrected chi connectivity index (χ2v) is 5.33. The number of benzene rings is 2. The first-order chi connectivity index (χ1) is 8.52. The summed E-state index contributed by atoms with van der Waals surface area (Å²) >= 11 is 0. The van der Waals surface area contributed by atoms with Crippen LogP contribution < -0.4 is 10.4 Å². The fourth-order valence-corrected chi connectivity index (χ4v) is 2.97. The van der Waals surface area contributed by atoms with Crippen LogP contribution in [-0.4, -0.2) is 13.8 Å². The van der Waals surface area contributed by atoms with Crippen molar-refractivity contribution >= 4 is 19.4 Å². The number of hydrogen-bond donors (Lipinski definition) is 1. The molecule has 0 saturated carbocycles. The molecule has 1 N–H and O–H groups in total. The zero-order valence-electron chi connectivity index (χ0n) is 8.92. The first kappa shape index (κ1) is 12.8.